The Balaban J connectivity index is 2.35. The normalized spacial score (nSPS) is 16.5. The number of aliphatic hydroxyl groups is 1. The molecule has 1 fully saturated rings. The van der Waals surface area contributed by atoms with E-state index in [2.05, 4.69) is 0 Å². The van der Waals surface area contributed by atoms with E-state index in [1.807, 2.05) is 0 Å². The Bertz CT molecular complexity index is 226. The molecule has 3 nitrogen and oxygen atoms in total. The highest BCUT2D eigenvalue weighted by atomic mass is 19.4. The maximum atomic E-state index is 11.9. The molecule has 1 N–H and O–H groups in total. The van der Waals surface area contributed by atoms with Gasteiger partial charge in [-0.1, -0.05) is 0 Å². The summed E-state index contributed by atoms with van der Waals surface area (Å²) in [5.41, 5.74) is 0. The number of rotatable bonds is 5. The topological polar surface area (TPSA) is 40.5 Å². The van der Waals surface area contributed by atoms with Gasteiger partial charge in [0.1, 0.15) is 0 Å². The van der Waals surface area contributed by atoms with Gasteiger partial charge >= 0.3 is 6.18 Å². The number of hydrogen-bond donors (Lipinski definition) is 1. The summed E-state index contributed by atoms with van der Waals surface area (Å²) in [5, 5.41) is 8.67. The summed E-state index contributed by atoms with van der Waals surface area (Å²) < 4.78 is 35.6. The second kappa shape index (κ2) is 4.83. The molecule has 0 bridgehead atoms. The first-order chi connectivity index (χ1) is 6.94. The van der Waals surface area contributed by atoms with Crippen LogP contribution < -0.4 is 0 Å². The molecule has 1 saturated carbocycles. The van der Waals surface area contributed by atoms with Crippen molar-refractivity contribution in [1.82, 2.24) is 4.90 Å². The second-order valence-corrected chi connectivity index (χ2v) is 3.66. The van der Waals surface area contributed by atoms with Crippen LogP contribution in [0.2, 0.25) is 0 Å². The zero-order valence-electron chi connectivity index (χ0n) is 8.26. The molecule has 6 heteroatoms. The van der Waals surface area contributed by atoms with Gasteiger partial charge in [-0.3, -0.25) is 4.79 Å². The SMILES string of the molecule is O=C(CCC(F)(F)F)N(CCO)C1CC1. The fourth-order valence-electron chi connectivity index (χ4n) is 1.40. The van der Waals surface area contributed by atoms with Crippen molar-refractivity contribution in [3.8, 4) is 0 Å². The van der Waals surface area contributed by atoms with Crippen molar-refractivity contribution in [3.05, 3.63) is 0 Å². The van der Waals surface area contributed by atoms with Crippen LogP contribution in [0, 0.1) is 0 Å². The Kier molecular flexibility index (Phi) is 3.96. The Hall–Kier alpha value is -0.780. The molecule has 1 aliphatic rings. The summed E-state index contributed by atoms with van der Waals surface area (Å²) >= 11 is 0. The summed E-state index contributed by atoms with van der Waals surface area (Å²) in [7, 11) is 0. The standard InChI is InChI=1S/C9H14F3NO2/c10-9(11,12)4-3-8(15)13(5-6-14)7-1-2-7/h7,14H,1-6H2. The number of amides is 1. The van der Waals surface area contributed by atoms with Gasteiger partial charge in [0.25, 0.3) is 0 Å². The monoisotopic (exact) mass is 225 g/mol. The molecule has 0 aliphatic heterocycles. The van der Waals surface area contributed by atoms with E-state index in [4.69, 9.17) is 5.11 Å². The third kappa shape index (κ3) is 4.51. The number of alkyl halides is 3. The van der Waals surface area contributed by atoms with Gasteiger partial charge in [-0.2, -0.15) is 13.2 Å². The predicted octanol–water partition coefficient (Wildman–Crippen LogP) is 1.31. The van der Waals surface area contributed by atoms with Gasteiger partial charge in [-0.05, 0) is 12.8 Å². The molecule has 0 aromatic heterocycles. The van der Waals surface area contributed by atoms with E-state index >= 15 is 0 Å². The van der Waals surface area contributed by atoms with E-state index < -0.39 is 24.9 Å². The third-order valence-electron chi connectivity index (χ3n) is 2.27. The molecule has 0 radical (unpaired) electrons. The Morgan fingerprint density at radius 2 is 2.00 bits per heavy atom. The van der Waals surface area contributed by atoms with Crippen LogP contribution in [0.15, 0.2) is 0 Å². The number of aliphatic hydroxyl groups excluding tert-OH is 1. The van der Waals surface area contributed by atoms with Gasteiger partial charge in [0.2, 0.25) is 5.91 Å². The van der Waals surface area contributed by atoms with Crippen LogP contribution in [0.5, 0.6) is 0 Å². The van der Waals surface area contributed by atoms with Crippen molar-refractivity contribution in [2.75, 3.05) is 13.2 Å². The molecule has 1 amide bonds. The van der Waals surface area contributed by atoms with Gasteiger partial charge < -0.3 is 10.0 Å². The first-order valence-corrected chi connectivity index (χ1v) is 4.91. The molecular formula is C9H14F3NO2. The van der Waals surface area contributed by atoms with Gasteiger partial charge in [0, 0.05) is 19.0 Å². The minimum Gasteiger partial charge on any atom is -0.395 e. The molecule has 0 heterocycles. The molecule has 0 atom stereocenters. The highest BCUT2D eigenvalue weighted by Crippen LogP contribution is 2.28. The van der Waals surface area contributed by atoms with Crippen molar-refractivity contribution >= 4 is 5.91 Å². The fourth-order valence-corrected chi connectivity index (χ4v) is 1.40. The Morgan fingerprint density at radius 1 is 1.40 bits per heavy atom. The molecule has 0 aromatic rings. The highest BCUT2D eigenvalue weighted by molar-refractivity contribution is 5.76. The van der Waals surface area contributed by atoms with Crippen LogP contribution in [-0.2, 0) is 4.79 Å². The van der Waals surface area contributed by atoms with Crippen molar-refractivity contribution < 1.29 is 23.1 Å². The van der Waals surface area contributed by atoms with Crippen molar-refractivity contribution in [2.24, 2.45) is 0 Å². The van der Waals surface area contributed by atoms with Crippen LogP contribution in [0.4, 0.5) is 13.2 Å². The molecule has 1 rings (SSSR count). The number of halogens is 3. The average molecular weight is 225 g/mol. The molecule has 0 aromatic carbocycles. The lowest BCUT2D eigenvalue weighted by atomic mass is 10.2. The fraction of sp³-hybridized carbons (Fsp3) is 0.889. The molecule has 1 aliphatic carbocycles. The van der Waals surface area contributed by atoms with Crippen LogP contribution in [0.3, 0.4) is 0 Å². The number of carbonyl (C=O) groups excluding carboxylic acids is 1. The van der Waals surface area contributed by atoms with Crippen LogP contribution in [0.1, 0.15) is 25.7 Å². The molecule has 15 heavy (non-hydrogen) atoms. The van der Waals surface area contributed by atoms with Gasteiger partial charge in [-0.15, -0.1) is 0 Å². The maximum Gasteiger partial charge on any atom is 0.389 e. The van der Waals surface area contributed by atoms with E-state index in [1.54, 1.807) is 0 Å². The van der Waals surface area contributed by atoms with E-state index in [1.165, 1.54) is 4.90 Å². The lowest BCUT2D eigenvalue weighted by Gasteiger charge is -2.21. The number of hydrogen-bond acceptors (Lipinski definition) is 2. The smallest absolute Gasteiger partial charge is 0.389 e. The Labute approximate surface area is 85.9 Å². The van der Waals surface area contributed by atoms with E-state index in [0.29, 0.717) is 0 Å². The quantitative estimate of drug-likeness (QED) is 0.766. The van der Waals surface area contributed by atoms with Gasteiger partial charge in [0.15, 0.2) is 0 Å². The van der Waals surface area contributed by atoms with E-state index in [0.717, 1.165) is 12.8 Å². The van der Waals surface area contributed by atoms with Crippen molar-refractivity contribution in [1.29, 1.82) is 0 Å². The summed E-state index contributed by atoms with van der Waals surface area (Å²) in [5.74, 6) is -0.510. The first kappa shape index (κ1) is 12.3. The van der Waals surface area contributed by atoms with Crippen LogP contribution in [0.25, 0.3) is 0 Å². The van der Waals surface area contributed by atoms with Crippen molar-refractivity contribution in [2.45, 2.75) is 37.9 Å². The largest absolute Gasteiger partial charge is 0.395 e. The first-order valence-electron chi connectivity index (χ1n) is 4.91. The van der Waals surface area contributed by atoms with Gasteiger partial charge in [0.05, 0.1) is 13.0 Å². The zero-order chi connectivity index (χ0) is 11.5. The van der Waals surface area contributed by atoms with E-state index in [9.17, 15) is 18.0 Å². The molecule has 0 spiro atoms. The minimum atomic E-state index is -4.29. The maximum absolute atomic E-state index is 11.9. The highest BCUT2D eigenvalue weighted by Gasteiger charge is 2.34. The lowest BCUT2D eigenvalue weighted by Crippen LogP contribution is -2.36. The number of carbonyl (C=O) groups is 1. The number of nitrogens with zero attached hydrogens (tertiary/aromatic N) is 1. The molecule has 0 unspecified atom stereocenters. The second-order valence-electron chi connectivity index (χ2n) is 3.66. The third-order valence-corrected chi connectivity index (χ3v) is 2.27. The minimum absolute atomic E-state index is 0.0536. The summed E-state index contributed by atoms with van der Waals surface area (Å²) in [6, 6.07) is 0.0536. The molecule has 88 valence electrons. The van der Waals surface area contributed by atoms with Gasteiger partial charge in [-0.25, -0.2) is 0 Å². The summed E-state index contributed by atoms with van der Waals surface area (Å²) in [6.45, 7) is -0.0599. The zero-order valence-corrected chi connectivity index (χ0v) is 8.26. The van der Waals surface area contributed by atoms with Crippen LogP contribution >= 0.6 is 0 Å². The predicted molar refractivity (Wildman–Crippen MR) is 47.1 cm³/mol. The average Bonchev–Trinajstić information content (AvgIpc) is 2.92. The molecular weight excluding hydrogens is 211 g/mol. The lowest BCUT2D eigenvalue weighted by molar-refractivity contribution is -0.149. The summed E-state index contributed by atoms with van der Waals surface area (Å²) in [4.78, 5) is 12.7. The molecule has 0 saturated heterocycles. The van der Waals surface area contributed by atoms with Crippen LogP contribution in [-0.4, -0.2) is 41.3 Å². The summed E-state index contributed by atoms with van der Waals surface area (Å²) in [6.07, 6.45) is -4.22. The van der Waals surface area contributed by atoms with E-state index in [-0.39, 0.29) is 19.2 Å². The van der Waals surface area contributed by atoms with Crippen molar-refractivity contribution in [3.63, 3.8) is 0 Å². The Morgan fingerprint density at radius 3 is 2.40 bits per heavy atom.